The maximum atomic E-state index is 6.38. The van der Waals surface area contributed by atoms with Crippen LogP contribution in [-0.2, 0) is 0 Å². The van der Waals surface area contributed by atoms with Crippen molar-refractivity contribution in [1.82, 2.24) is 19.9 Å². The molecule has 5 nitrogen and oxygen atoms in total. The molecule has 4 aromatic heterocycles. The van der Waals surface area contributed by atoms with E-state index in [4.69, 9.17) is 9.40 Å². The van der Waals surface area contributed by atoms with Crippen LogP contribution < -0.4 is 0 Å². The number of aromatic nitrogens is 4. The minimum absolute atomic E-state index is 0.601. The minimum atomic E-state index is 0.601. The summed E-state index contributed by atoms with van der Waals surface area (Å²) in [6.07, 6.45) is 11.2. The van der Waals surface area contributed by atoms with Crippen molar-refractivity contribution in [3.05, 3.63) is 134 Å². The molecule has 0 aliphatic rings. The van der Waals surface area contributed by atoms with Crippen molar-refractivity contribution in [2.45, 2.75) is 0 Å². The van der Waals surface area contributed by atoms with Gasteiger partial charge in [-0.3, -0.25) is 15.0 Å². The number of para-hydroxylation sites is 2. The van der Waals surface area contributed by atoms with Crippen LogP contribution in [0.4, 0.5) is 0 Å². The van der Waals surface area contributed by atoms with Crippen LogP contribution in [0.3, 0.4) is 0 Å². The number of nitrogens with zero attached hydrogens (tertiary/aromatic N) is 4. The van der Waals surface area contributed by atoms with Crippen LogP contribution in [0, 0.1) is 0 Å². The molecule has 0 saturated carbocycles. The average Bonchev–Trinajstić information content (AvgIpc) is 3.52. The quantitative estimate of drug-likeness (QED) is 0.204. The zero-order chi connectivity index (χ0) is 28.3. The van der Waals surface area contributed by atoms with Gasteiger partial charge in [-0.15, -0.1) is 0 Å². The molecule has 0 unspecified atom stereocenters. The summed E-state index contributed by atoms with van der Waals surface area (Å²) in [5, 5.41) is 6.94. The number of fused-ring (bicyclic) bond motifs is 1. The molecule has 5 aromatic carbocycles. The molecule has 0 atom stereocenters. The lowest BCUT2D eigenvalue weighted by molar-refractivity contribution is 0.620. The van der Waals surface area contributed by atoms with Crippen LogP contribution in [0.5, 0.6) is 0 Å². The van der Waals surface area contributed by atoms with Gasteiger partial charge in [0.25, 0.3) is 0 Å². The maximum absolute atomic E-state index is 6.38. The zero-order valence-electron chi connectivity index (χ0n) is 22.9. The molecule has 0 radical (unpaired) electrons. The van der Waals surface area contributed by atoms with Crippen molar-refractivity contribution in [1.29, 1.82) is 0 Å². The van der Waals surface area contributed by atoms with Gasteiger partial charge in [0, 0.05) is 59.4 Å². The fourth-order valence-electron chi connectivity index (χ4n) is 6.44. The number of oxazole rings is 1. The molecule has 9 rings (SSSR count). The van der Waals surface area contributed by atoms with Gasteiger partial charge in [0.1, 0.15) is 5.52 Å². The number of hydrogen-bond donors (Lipinski definition) is 0. The van der Waals surface area contributed by atoms with E-state index in [1.165, 1.54) is 21.5 Å². The summed E-state index contributed by atoms with van der Waals surface area (Å²) >= 11 is 0. The highest BCUT2D eigenvalue weighted by molar-refractivity contribution is 6.31. The molecule has 200 valence electrons. The van der Waals surface area contributed by atoms with Gasteiger partial charge >= 0.3 is 0 Å². The fraction of sp³-hybridized carbons (Fsp3) is 0. The second kappa shape index (κ2) is 9.29. The summed E-state index contributed by atoms with van der Waals surface area (Å²) in [5.41, 5.74) is 9.07. The van der Waals surface area contributed by atoms with Gasteiger partial charge in [-0.05, 0) is 91.5 Å². The number of benzene rings is 5. The summed E-state index contributed by atoms with van der Waals surface area (Å²) in [4.78, 5) is 18.3. The number of rotatable bonds is 4. The second-order valence-corrected chi connectivity index (χ2v) is 10.7. The van der Waals surface area contributed by atoms with Crippen LogP contribution in [0.25, 0.3) is 88.3 Å². The topological polar surface area (TPSA) is 64.7 Å². The Hall–Kier alpha value is -5.94. The van der Waals surface area contributed by atoms with Gasteiger partial charge in [0.2, 0.25) is 5.89 Å². The lowest BCUT2D eigenvalue weighted by atomic mass is 9.83. The molecular weight excluding hydrogens is 528 g/mol. The third-order valence-corrected chi connectivity index (χ3v) is 8.34. The summed E-state index contributed by atoms with van der Waals surface area (Å²) in [7, 11) is 0. The van der Waals surface area contributed by atoms with E-state index in [0.29, 0.717) is 5.89 Å². The monoisotopic (exact) mass is 550 g/mol. The Bertz CT molecular complexity index is 2340. The van der Waals surface area contributed by atoms with Crippen molar-refractivity contribution in [2.24, 2.45) is 0 Å². The fourth-order valence-corrected chi connectivity index (χ4v) is 6.44. The van der Waals surface area contributed by atoms with E-state index in [-0.39, 0.29) is 0 Å². The van der Waals surface area contributed by atoms with E-state index in [9.17, 15) is 0 Å². The van der Waals surface area contributed by atoms with Crippen LogP contribution >= 0.6 is 0 Å². The van der Waals surface area contributed by atoms with Gasteiger partial charge in [0.15, 0.2) is 5.58 Å². The van der Waals surface area contributed by atoms with E-state index in [2.05, 4.69) is 69.5 Å². The van der Waals surface area contributed by atoms with Crippen molar-refractivity contribution in [2.75, 3.05) is 0 Å². The molecule has 4 heterocycles. The number of hydrogen-bond acceptors (Lipinski definition) is 5. The van der Waals surface area contributed by atoms with Crippen LogP contribution in [0.15, 0.2) is 139 Å². The molecule has 9 aromatic rings. The first-order valence-corrected chi connectivity index (χ1v) is 14.2. The molecule has 0 fully saturated rings. The Morgan fingerprint density at radius 3 is 1.37 bits per heavy atom. The summed E-state index contributed by atoms with van der Waals surface area (Å²) < 4.78 is 6.38. The van der Waals surface area contributed by atoms with E-state index >= 15 is 0 Å². The van der Waals surface area contributed by atoms with Crippen LogP contribution in [0.1, 0.15) is 0 Å². The molecule has 0 spiro atoms. The molecule has 0 bridgehead atoms. The lowest BCUT2D eigenvalue weighted by Gasteiger charge is -2.20. The van der Waals surface area contributed by atoms with Crippen LogP contribution in [-0.4, -0.2) is 19.9 Å². The Kier molecular flexibility index (Phi) is 5.13. The van der Waals surface area contributed by atoms with E-state index < -0.39 is 0 Å². The van der Waals surface area contributed by atoms with Crippen molar-refractivity contribution in [3.8, 4) is 44.8 Å². The molecule has 0 N–H and O–H groups in total. The van der Waals surface area contributed by atoms with E-state index in [1.807, 2.05) is 79.6 Å². The molecule has 0 saturated heterocycles. The lowest BCUT2D eigenvalue weighted by Crippen LogP contribution is -1.94. The number of pyridine rings is 3. The third kappa shape index (κ3) is 3.65. The normalized spacial score (nSPS) is 11.7. The van der Waals surface area contributed by atoms with Crippen LogP contribution in [0.2, 0.25) is 0 Å². The van der Waals surface area contributed by atoms with Gasteiger partial charge in [-0.1, -0.05) is 54.6 Å². The van der Waals surface area contributed by atoms with Gasteiger partial charge < -0.3 is 4.42 Å². The highest BCUT2D eigenvalue weighted by atomic mass is 16.3. The smallest absolute Gasteiger partial charge is 0.227 e. The van der Waals surface area contributed by atoms with Gasteiger partial charge in [-0.2, -0.15) is 0 Å². The summed E-state index contributed by atoms with van der Waals surface area (Å²) in [5.74, 6) is 0.601. The maximum Gasteiger partial charge on any atom is 0.227 e. The highest BCUT2D eigenvalue weighted by Crippen LogP contribution is 2.48. The Morgan fingerprint density at radius 2 is 0.907 bits per heavy atom. The summed E-state index contributed by atoms with van der Waals surface area (Å²) in [6, 6.07) is 33.6. The Balaban J connectivity index is 1.48. The first-order chi connectivity index (χ1) is 21.3. The van der Waals surface area contributed by atoms with Gasteiger partial charge in [-0.25, -0.2) is 4.98 Å². The molecule has 0 aliphatic heterocycles. The summed E-state index contributed by atoms with van der Waals surface area (Å²) in [6.45, 7) is 0. The largest absolute Gasteiger partial charge is 0.436 e. The first kappa shape index (κ1) is 23.7. The molecule has 5 heteroatoms. The highest BCUT2D eigenvalue weighted by Gasteiger charge is 2.22. The third-order valence-electron chi connectivity index (χ3n) is 8.34. The van der Waals surface area contributed by atoms with E-state index in [0.717, 1.165) is 60.8 Å². The Morgan fingerprint density at radius 1 is 0.442 bits per heavy atom. The SMILES string of the molecule is c1cncc(-c2cc(-c3cccnc3)c3ccc4c(-c5nc6ccccc6o5)cc(-c5cccnc5)c5ccc2c3c54)c1. The Labute approximate surface area is 246 Å². The predicted molar refractivity (Wildman–Crippen MR) is 173 cm³/mol. The molecule has 0 amide bonds. The van der Waals surface area contributed by atoms with Crippen molar-refractivity contribution >= 4 is 43.4 Å². The standard InChI is InChI=1S/C38H22N4O/c1-2-10-35-34(9-1)42-38(43-35)33-19-32(25-8-5-17-41-22-25)28-12-11-26-30(23-6-3-15-39-20-23)18-31(24-7-4-16-40-21-24)27-13-14-29(33)37(28)36(26)27/h1-22H. The molecule has 0 aliphatic carbocycles. The predicted octanol–water partition coefficient (Wildman–Crippen LogP) is 9.58. The van der Waals surface area contributed by atoms with Crippen molar-refractivity contribution in [3.63, 3.8) is 0 Å². The molecule has 43 heavy (non-hydrogen) atoms. The average molecular weight is 551 g/mol. The van der Waals surface area contributed by atoms with Gasteiger partial charge in [0.05, 0.1) is 0 Å². The second-order valence-electron chi connectivity index (χ2n) is 10.7. The first-order valence-electron chi connectivity index (χ1n) is 14.2. The molecular formula is C38H22N4O. The zero-order valence-corrected chi connectivity index (χ0v) is 22.9. The van der Waals surface area contributed by atoms with E-state index in [1.54, 1.807) is 0 Å². The van der Waals surface area contributed by atoms with Crippen molar-refractivity contribution < 1.29 is 4.42 Å². The minimum Gasteiger partial charge on any atom is -0.436 e.